The molecule has 0 spiro atoms. The Bertz CT molecular complexity index is 890. The fourth-order valence-electron chi connectivity index (χ4n) is 3.34. The number of halogens is 1. The van der Waals surface area contributed by atoms with E-state index in [0.29, 0.717) is 5.92 Å². The van der Waals surface area contributed by atoms with Crippen LogP contribution in [0, 0.1) is 0 Å². The van der Waals surface area contributed by atoms with Gasteiger partial charge in [-0.05, 0) is 47.9 Å². The van der Waals surface area contributed by atoms with Crippen LogP contribution < -0.4 is 0 Å². The lowest BCUT2D eigenvalue weighted by Crippen LogP contribution is -2.15. The van der Waals surface area contributed by atoms with Crippen LogP contribution in [0.25, 0.3) is 17.0 Å². The maximum Gasteiger partial charge on any atom is 0.115 e. The summed E-state index contributed by atoms with van der Waals surface area (Å²) in [7, 11) is 0. The standard InChI is InChI=1S/C19H16ClN3/c1-2-12-3-5-15-17(7-12)23-18-8-13(4-6-16(18)19(15)20)14-9-21-11-22-10-14/h2-3,5,7,9-11,13H,1,4,6,8H2. The van der Waals surface area contributed by atoms with Crippen LogP contribution in [0.3, 0.4) is 0 Å². The first-order valence-corrected chi connectivity index (χ1v) is 8.12. The first kappa shape index (κ1) is 14.3. The summed E-state index contributed by atoms with van der Waals surface area (Å²) in [6.45, 7) is 3.82. The first-order chi connectivity index (χ1) is 11.3. The van der Waals surface area contributed by atoms with E-state index in [-0.39, 0.29) is 0 Å². The Labute approximate surface area is 140 Å². The van der Waals surface area contributed by atoms with E-state index in [2.05, 4.69) is 16.5 Å². The second kappa shape index (κ2) is 5.74. The number of aromatic nitrogens is 3. The van der Waals surface area contributed by atoms with Gasteiger partial charge in [-0.25, -0.2) is 9.97 Å². The zero-order chi connectivity index (χ0) is 15.8. The topological polar surface area (TPSA) is 38.7 Å². The predicted octanol–water partition coefficient (Wildman–Crippen LogP) is 4.59. The third-order valence-electron chi connectivity index (χ3n) is 4.60. The normalized spacial score (nSPS) is 17.0. The lowest BCUT2D eigenvalue weighted by molar-refractivity contribution is 0.571. The molecule has 0 N–H and O–H groups in total. The summed E-state index contributed by atoms with van der Waals surface area (Å²) in [4.78, 5) is 13.2. The Balaban J connectivity index is 1.80. The highest BCUT2D eigenvalue weighted by atomic mass is 35.5. The van der Waals surface area contributed by atoms with E-state index in [1.165, 1.54) is 11.1 Å². The van der Waals surface area contributed by atoms with Crippen LogP contribution in [-0.4, -0.2) is 15.0 Å². The number of rotatable bonds is 2. The van der Waals surface area contributed by atoms with Gasteiger partial charge in [0.15, 0.2) is 0 Å². The molecular weight excluding hydrogens is 306 g/mol. The summed E-state index contributed by atoms with van der Waals surface area (Å²) in [5.41, 5.74) is 5.47. The number of hydrogen-bond acceptors (Lipinski definition) is 3. The monoisotopic (exact) mass is 321 g/mol. The zero-order valence-electron chi connectivity index (χ0n) is 12.7. The van der Waals surface area contributed by atoms with Crippen molar-refractivity contribution in [2.75, 3.05) is 0 Å². The molecule has 0 fully saturated rings. The lowest BCUT2D eigenvalue weighted by Gasteiger charge is -2.25. The number of benzene rings is 1. The van der Waals surface area contributed by atoms with Crippen molar-refractivity contribution in [2.45, 2.75) is 25.2 Å². The van der Waals surface area contributed by atoms with E-state index in [4.69, 9.17) is 16.6 Å². The Morgan fingerprint density at radius 2 is 2.04 bits per heavy atom. The fraction of sp³-hybridized carbons (Fsp3) is 0.211. The summed E-state index contributed by atoms with van der Waals surface area (Å²) in [5, 5.41) is 1.88. The fourth-order valence-corrected chi connectivity index (χ4v) is 3.70. The number of nitrogens with zero attached hydrogens (tertiary/aromatic N) is 3. The minimum Gasteiger partial charge on any atom is -0.252 e. The molecule has 23 heavy (non-hydrogen) atoms. The van der Waals surface area contributed by atoms with Crippen LogP contribution in [0.15, 0.2) is 43.5 Å². The van der Waals surface area contributed by atoms with Gasteiger partial charge in [0.25, 0.3) is 0 Å². The lowest BCUT2D eigenvalue weighted by atomic mass is 9.83. The molecule has 1 atom stereocenters. The second-order valence-corrected chi connectivity index (χ2v) is 6.32. The van der Waals surface area contributed by atoms with Crippen LogP contribution >= 0.6 is 11.6 Å². The van der Waals surface area contributed by atoms with E-state index in [1.54, 1.807) is 6.33 Å². The van der Waals surface area contributed by atoms with Gasteiger partial charge in [-0.2, -0.15) is 0 Å². The molecule has 1 aliphatic rings. The van der Waals surface area contributed by atoms with Crippen molar-refractivity contribution in [1.82, 2.24) is 15.0 Å². The van der Waals surface area contributed by atoms with Gasteiger partial charge in [0.05, 0.1) is 10.5 Å². The molecule has 0 radical (unpaired) electrons. The van der Waals surface area contributed by atoms with Crippen LogP contribution in [-0.2, 0) is 12.8 Å². The zero-order valence-corrected chi connectivity index (χ0v) is 13.4. The van der Waals surface area contributed by atoms with E-state index in [0.717, 1.165) is 46.4 Å². The molecule has 0 amide bonds. The van der Waals surface area contributed by atoms with Crippen molar-refractivity contribution >= 4 is 28.6 Å². The molecule has 4 heteroatoms. The smallest absolute Gasteiger partial charge is 0.115 e. The van der Waals surface area contributed by atoms with E-state index in [9.17, 15) is 0 Å². The van der Waals surface area contributed by atoms with Crippen LogP contribution in [0.2, 0.25) is 5.02 Å². The van der Waals surface area contributed by atoms with Crippen LogP contribution in [0.4, 0.5) is 0 Å². The van der Waals surface area contributed by atoms with E-state index < -0.39 is 0 Å². The Hall–Kier alpha value is -2.26. The summed E-state index contributed by atoms with van der Waals surface area (Å²) in [6, 6.07) is 6.12. The number of fused-ring (bicyclic) bond motifs is 2. The highest BCUT2D eigenvalue weighted by Gasteiger charge is 2.24. The second-order valence-electron chi connectivity index (χ2n) is 5.94. The summed E-state index contributed by atoms with van der Waals surface area (Å²) < 4.78 is 0. The molecule has 1 aliphatic carbocycles. The largest absolute Gasteiger partial charge is 0.252 e. The highest BCUT2D eigenvalue weighted by Crippen LogP contribution is 2.37. The maximum atomic E-state index is 6.66. The average molecular weight is 322 g/mol. The van der Waals surface area contributed by atoms with Crippen molar-refractivity contribution in [3.05, 3.63) is 70.9 Å². The minimum atomic E-state index is 0.410. The van der Waals surface area contributed by atoms with Gasteiger partial charge in [-0.3, -0.25) is 4.98 Å². The number of hydrogen-bond donors (Lipinski definition) is 0. The molecular formula is C19H16ClN3. The van der Waals surface area contributed by atoms with Gasteiger partial charge >= 0.3 is 0 Å². The van der Waals surface area contributed by atoms with Gasteiger partial charge in [-0.1, -0.05) is 36.4 Å². The average Bonchev–Trinajstić information content (AvgIpc) is 2.61. The van der Waals surface area contributed by atoms with Crippen molar-refractivity contribution in [3.8, 4) is 0 Å². The molecule has 1 unspecified atom stereocenters. The van der Waals surface area contributed by atoms with Crippen molar-refractivity contribution in [3.63, 3.8) is 0 Å². The molecule has 0 saturated heterocycles. The summed E-state index contributed by atoms with van der Waals surface area (Å²) in [6.07, 6.45) is 10.1. The molecule has 1 aromatic carbocycles. The Morgan fingerprint density at radius 1 is 1.22 bits per heavy atom. The summed E-state index contributed by atoms with van der Waals surface area (Å²) >= 11 is 6.66. The molecule has 0 bridgehead atoms. The molecule has 114 valence electrons. The van der Waals surface area contributed by atoms with Gasteiger partial charge in [0.1, 0.15) is 6.33 Å². The van der Waals surface area contributed by atoms with Crippen LogP contribution in [0.5, 0.6) is 0 Å². The molecule has 4 rings (SSSR count). The predicted molar refractivity (Wildman–Crippen MR) is 93.6 cm³/mol. The third-order valence-corrected chi connectivity index (χ3v) is 5.03. The van der Waals surface area contributed by atoms with E-state index >= 15 is 0 Å². The van der Waals surface area contributed by atoms with Crippen molar-refractivity contribution < 1.29 is 0 Å². The van der Waals surface area contributed by atoms with Gasteiger partial charge in [0.2, 0.25) is 0 Å². The molecule has 3 aromatic rings. The van der Waals surface area contributed by atoms with Gasteiger partial charge < -0.3 is 0 Å². The summed E-state index contributed by atoms with van der Waals surface area (Å²) in [5.74, 6) is 0.410. The third kappa shape index (κ3) is 2.51. The van der Waals surface area contributed by atoms with E-state index in [1.807, 2.05) is 36.7 Å². The number of pyridine rings is 1. The molecule has 3 nitrogen and oxygen atoms in total. The molecule has 0 saturated carbocycles. The van der Waals surface area contributed by atoms with Gasteiger partial charge in [-0.15, -0.1) is 0 Å². The van der Waals surface area contributed by atoms with Crippen molar-refractivity contribution in [2.24, 2.45) is 0 Å². The SMILES string of the molecule is C=Cc1ccc2c(Cl)c3c(nc2c1)CC(c1cncnc1)CC3. The molecule has 2 heterocycles. The van der Waals surface area contributed by atoms with Crippen molar-refractivity contribution in [1.29, 1.82) is 0 Å². The van der Waals surface area contributed by atoms with Gasteiger partial charge in [0, 0.05) is 23.5 Å². The van der Waals surface area contributed by atoms with Crippen LogP contribution in [0.1, 0.15) is 34.7 Å². The Morgan fingerprint density at radius 3 is 2.83 bits per heavy atom. The quantitative estimate of drug-likeness (QED) is 0.692. The Kier molecular flexibility index (Phi) is 3.58. The highest BCUT2D eigenvalue weighted by molar-refractivity contribution is 6.36. The molecule has 0 aliphatic heterocycles. The first-order valence-electron chi connectivity index (χ1n) is 7.74. The minimum absolute atomic E-state index is 0.410. The molecule has 2 aromatic heterocycles. The maximum absolute atomic E-state index is 6.66.